The first-order valence-corrected chi connectivity index (χ1v) is 11.6. The fourth-order valence-electron chi connectivity index (χ4n) is 4.22. The molecule has 6 heteroatoms. The topological polar surface area (TPSA) is 81.4 Å². The van der Waals surface area contributed by atoms with Crippen molar-refractivity contribution in [3.63, 3.8) is 0 Å². The minimum atomic E-state index is -1.15. The molecule has 0 fully saturated rings. The maximum absolute atomic E-state index is 13.6. The highest BCUT2D eigenvalue weighted by atomic mass is 16.5. The molecule has 0 radical (unpaired) electrons. The molecule has 2 heterocycles. The lowest BCUT2D eigenvalue weighted by molar-refractivity contribution is -0.125. The van der Waals surface area contributed by atoms with Crippen LogP contribution in [0.3, 0.4) is 0 Å². The summed E-state index contributed by atoms with van der Waals surface area (Å²) in [5.74, 6) is -0.544. The zero-order valence-corrected chi connectivity index (χ0v) is 19.9. The molecule has 5 rings (SSSR count). The van der Waals surface area contributed by atoms with E-state index in [9.17, 15) is 9.59 Å². The number of hydrogen-bond acceptors (Lipinski definition) is 5. The zero-order valence-electron chi connectivity index (χ0n) is 19.9. The highest BCUT2D eigenvalue weighted by molar-refractivity contribution is 6.06. The van der Waals surface area contributed by atoms with Crippen molar-refractivity contribution in [3.8, 4) is 11.5 Å². The molecule has 36 heavy (non-hydrogen) atoms. The van der Waals surface area contributed by atoms with Gasteiger partial charge in [-0.1, -0.05) is 54.6 Å². The van der Waals surface area contributed by atoms with Crippen molar-refractivity contribution in [1.29, 1.82) is 0 Å². The Bertz CT molecular complexity index is 1520. The number of ether oxygens (including phenoxy) is 1. The predicted molar refractivity (Wildman–Crippen MR) is 139 cm³/mol. The summed E-state index contributed by atoms with van der Waals surface area (Å²) in [7, 11) is 0. The van der Waals surface area contributed by atoms with Gasteiger partial charge in [-0.25, -0.2) is 9.78 Å². The average Bonchev–Trinajstić information content (AvgIpc) is 3.41. The van der Waals surface area contributed by atoms with E-state index in [1.807, 2.05) is 56.3 Å². The third-order valence-electron chi connectivity index (χ3n) is 5.76. The first-order chi connectivity index (χ1) is 17.5. The van der Waals surface area contributed by atoms with Gasteiger partial charge in [-0.2, -0.15) is 0 Å². The number of furan rings is 1. The SMILES string of the molecule is Cc1cc(C)cc(NC(=O)[C@@H](OC(=O)c2cc(-c3ccco3)nc3ccccc23)c2ccccc2)c1. The largest absolute Gasteiger partial charge is 0.463 e. The maximum Gasteiger partial charge on any atom is 0.340 e. The summed E-state index contributed by atoms with van der Waals surface area (Å²) >= 11 is 0. The highest BCUT2D eigenvalue weighted by Gasteiger charge is 2.27. The Morgan fingerprint density at radius 3 is 2.31 bits per heavy atom. The Kier molecular flexibility index (Phi) is 6.33. The first-order valence-electron chi connectivity index (χ1n) is 11.6. The number of nitrogens with one attached hydrogen (secondary N) is 1. The molecule has 6 nitrogen and oxygen atoms in total. The number of nitrogens with zero attached hydrogens (tertiary/aromatic N) is 1. The average molecular weight is 477 g/mol. The summed E-state index contributed by atoms with van der Waals surface area (Å²) in [4.78, 5) is 31.6. The molecule has 5 aromatic rings. The summed E-state index contributed by atoms with van der Waals surface area (Å²) in [6, 6.07) is 27.2. The number of benzene rings is 3. The molecule has 2 aromatic heterocycles. The van der Waals surface area contributed by atoms with Crippen molar-refractivity contribution in [1.82, 2.24) is 4.98 Å². The maximum atomic E-state index is 13.6. The van der Waals surface area contributed by atoms with E-state index < -0.39 is 18.0 Å². The van der Waals surface area contributed by atoms with Crippen molar-refractivity contribution in [2.24, 2.45) is 0 Å². The molecule has 0 spiro atoms. The zero-order chi connectivity index (χ0) is 25.1. The van der Waals surface area contributed by atoms with Gasteiger partial charge in [0.05, 0.1) is 17.3 Å². The second-order valence-corrected chi connectivity index (χ2v) is 8.61. The lowest BCUT2D eigenvalue weighted by Gasteiger charge is -2.19. The number of carbonyl (C=O) groups excluding carboxylic acids is 2. The van der Waals surface area contributed by atoms with Gasteiger partial charge in [-0.3, -0.25) is 4.79 Å². The molecule has 1 N–H and O–H groups in total. The lowest BCUT2D eigenvalue weighted by atomic mass is 10.1. The number of amides is 1. The molecule has 0 aliphatic heterocycles. The van der Waals surface area contributed by atoms with E-state index in [1.54, 1.807) is 54.8 Å². The number of aromatic nitrogens is 1. The van der Waals surface area contributed by atoms with Crippen molar-refractivity contribution < 1.29 is 18.7 Å². The van der Waals surface area contributed by atoms with Gasteiger partial charge in [0.25, 0.3) is 5.91 Å². The number of rotatable bonds is 6. The van der Waals surface area contributed by atoms with Crippen LogP contribution < -0.4 is 5.32 Å². The molecule has 0 aliphatic carbocycles. The van der Waals surface area contributed by atoms with E-state index in [-0.39, 0.29) is 0 Å². The number of carbonyl (C=O) groups is 2. The van der Waals surface area contributed by atoms with Gasteiger partial charge < -0.3 is 14.5 Å². The number of pyridine rings is 1. The summed E-state index contributed by atoms with van der Waals surface area (Å²) in [6.07, 6.45) is 0.394. The van der Waals surface area contributed by atoms with Gasteiger partial charge in [-0.05, 0) is 61.4 Å². The molecule has 0 saturated carbocycles. The molecule has 0 bridgehead atoms. The smallest absolute Gasteiger partial charge is 0.340 e. The Hall–Kier alpha value is -4.71. The molecular formula is C30H24N2O4. The first kappa shape index (κ1) is 23.1. The second-order valence-electron chi connectivity index (χ2n) is 8.61. The quantitative estimate of drug-likeness (QED) is 0.278. The lowest BCUT2D eigenvalue weighted by Crippen LogP contribution is -2.26. The van der Waals surface area contributed by atoms with Crippen LogP contribution in [0.1, 0.15) is 33.2 Å². The predicted octanol–water partition coefficient (Wildman–Crippen LogP) is 6.65. The van der Waals surface area contributed by atoms with Crippen molar-refractivity contribution in [2.45, 2.75) is 20.0 Å². The van der Waals surface area contributed by atoms with E-state index >= 15 is 0 Å². The minimum absolute atomic E-state index is 0.298. The molecule has 0 saturated heterocycles. The van der Waals surface area contributed by atoms with Crippen LogP contribution in [0.2, 0.25) is 0 Å². The number of hydrogen-bond donors (Lipinski definition) is 1. The van der Waals surface area contributed by atoms with Gasteiger partial charge in [-0.15, -0.1) is 0 Å². The molecule has 0 unspecified atom stereocenters. The summed E-state index contributed by atoms with van der Waals surface area (Å²) < 4.78 is 11.4. The number of aryl methyl sites for hydroxylation is 2. The van der Waals surface area contributed by atoms with Crippen LogP contribution in [-0.4, -0.2) is 16.9 Å². The van der Waals surface area contributed by atoms with Crippen LogP contribution in [0.4, 0.5) is 5.69 Å². The van der Waals surface area contributed by atoms with Crippen molar-refractivity contribution >= 4 is 28.5 Å². The highest BCUT2D eigenvalue weighted by Crippen LogP contribution is 2.28. The second kappa shape index (κ2) is 9.88. The van der Waals surface area contributed by atoms with Crippen LogP contribution in [-0.2, 0) is 9.53 Å². The fourth-order valence-corrected chi connectivity index (χ4v) is 4.22. The number of fused-ring (bicyclic) bond motifs is 1. The molecule has 178 valence electrons. The van der Waals surface area contributed by atoms with Crippen LogP contribution in [0.5, 0.6) is 0 Å². The molecule has 1 amide bonds. The summed E-state index contributed by atoms with van der Waals surface area (Å²) in [6.45, 7) is 3.92. The monoisotopic (exact) mass is 476 g/mol. The number of para-hydroxylation sites is 1. The van der Waals surface area contributed by atoms with Crippen LogP contribution in [0.25, 0.3) is 22.4 Å². The molecular weight excluding hydrogens is 452 g/mol. The van der Waals surface area contributed by atoms with E-state index in [2.05, 4.69) is 10.3 Å². The summed E-state index contributed by atoms with van der Waals surface area (Å²) in [5.41, 5.74) is 4.67. The minimum Gasteiger partial charge on any atom is -0.463 e. The third kappa shape index (κ3) is 4.88. The normalized spacial score (nSPS) is 11.7. The van der Waals surface area contributed by atoms with Gasteiger partial charge in [0, 0.05) is 16.6 Å². The third-order valence-corrected chi connectivity index (χ3v) is 5.76. The standard InChI is InChI=1S/C30H24N2O4/c1-19-15-20(2)17-22(16-19)31-29(33)28(21-9-4-3-5-10-21)36-30(34)24-18-26(27-13-8-14-35-27)32-25-12-7-6-11-23(24)25/h3-18,28H,1-2H3,(H,31,33)/t28-/m0/s1. The van der Waals surface area contributed by atoms with Gasteiger partial charge in [0.15, 0.2) is 5.76 Å². The molecule has 3 aromatic carbocycles. The van der Waals surface area contributed by atoms with Gasteiger partial charge in [0.2, 0.25) is 6.10 Å². The Balaban J connectivity index is 1.51. The molecule has 1 atom stereocenters. The van der Waals surface area contributed by atoms with Crippen LogP contribution in [0, 0.1) is 13.8 Å². The van der Waals surface area contributed by atoms with E-state index in [0.717, 1.165) is 11.1 Å². The van der Waals surface area contributed by atoms with E-state index in [4.69, 9.17) is 9.15 Å². The number of anilines is 1. The fraction of sp³-hybridized carbons (Fsp3) is 0.100. The van der Waals surface area contributed by atoms with Crippen molar-refractivity contribution in [3.05, 3.63) is 120 Å². The van der Waals surface area contributed by atoms with Gasteiger partial charge >= 0.3 is 5.97 Å². The molecule has 0 aliphatic rings. The van der Waals surface area contributed by atoms with Crippen LogP contribution >= 0.6 is 0 Å². The van der Waals surface area contributed by atoms with E-state index in [0.29, 0.717) is 39.2 Å². The van der Waals surface area contributed by atoms with Gasteiger partial charge in [0.1, 0.15) is 5.69 Å². The van der Waals surface area contributed by atoms with Crippen LogP contribution in [0.15, 0.2) is 102 Å². The van der Waals surface area contributed by atoms with Crippen molar-refractivity contribution in [2.75, 3.05) is 5.32 Å². The Morgan fingerprint density at radius 1 is 0.861 bits per heavy atom. The Morgan fingerprint density at radius 2 is 1.58 bits per heavy atom. The number of esters is 1. The summed E-state index contributed by atoms with van der Waals surface area (Å²) in [5, 5.41) is 3.53. The van der Waals surface area contributed by atoms with E-state index in [1.165, 1.54) is 0 Å². The Labute approximate surface area is 208 Å².